The maximum atomic E-state index is 5.49. The average Bonchev–Trinajstić information content (AvgIpc) is 3.13. The van der Waals surface area contributed by atoms with Gasteiger partial charge in [-0.2, -0.15) is 0 Å². The van der Waals surface area contributed by atoms with E-state index in [1.165, 1.54) is 5.56 Å². The van der Waals surface area contributed by atoms with E-state index in [0.29, 0.717) is 18.4 Å². The number of hydrogen-bond donors (Lipinski definition) is 1. The number of hydrogen-bond acceptors (Lipinski definition) is 4. The van der Waals surface area contributed by atoms with Crippen molar-refractivity contribution in [3.8, 4) is 0 Å². The average molecular weight is 555 g/mol. The van der Waals surface area contributed by atoms with Gasteiger partial charge in [-0.1, -0.05) is 43.7 Å². The topological polar surface area (TPSA) is 67.6 Å². The number of nitrogens with zero attached hydrogens (tertiary/aromatic N) is 5. The number of guanidine groups is 1. The van der Waals surface area contributed by atoms with Crippen LogP contribution in [-0.4, -0.2) is 58.5 Å². The van der Waals surface area contributed by atoms with Crippen LogP contribution in [0.25, 0.3) is 0 Å². The van der Waals surface area contributed by atoms with Crippen LogP contribution in [0.3, 0.4) is 0 Å². The molecule has 0 aliphatic carbocycles. The third-order valence-electron chi connectivity index (χ3n) is 6.29. The van der Waals surface area contributed by atoms with E-state index < -0.39 is 0 Å². The molecule has 1 saturated heterocycles. The fourth-order valence-electron chi connectivity index (χ4n) is 4.30. The van der Waals surface area contributed by atoms with Crippen LogP contribution in [0.1, 0.15) is 56.2 Å². The van der Waals surface area contributed by atoms with Crippen molar-refractivity contribution in [1.29, 1.82) is 0 Å². The molecule has 1 aliphatic heterocycles. The molecule has 1 aromatic carbocycles. The summed E-state index contributed by atoms with van der Waals surface area (Å²) in [5.74, 6) is 4.00. The van der Waals surface area contributed by atoms with Gasteiger partial charge in [-0.3, -0.25) is 0 Å². The molecule has 2 aromatic rings. The van der Waals surface area contributed by atoms with Crippen LogP contribution in [0.5, 0.6) is 0 Å². The first kappa shape index (κ1) is 26.6. The van der Waals surface area contributed by atoms with Crippen LogP contribution in [0.15, 0.2) is 35.3 Å². The van der Waals surface area contributed by atoms with Crippen LogP contribution in [0.4, 0.5) is 0 Å². The Morgan fingerprint density at radius 1 is 1.22 bits per heavy atom. The third kappa shape index (κ3) is 7.16. The van der Waals surface area contributed by atoms with Crippen molar-refractivity contribution in [2.75, 3.05) is 32.8 Å². The highest BCUT2D eigenvalue weighted by atomic mass is 127. The minimum atomic E-state index is 0. The van der Waals surface area contributed by atoms with Gasteiger partial charge in [0.2, 0.25) is 0 Å². The molecule has 1 fully saturated rings. The number of aliphatic imine (C=N–C) groups is 1. The fraction of sp³-hybridized carbons (Fsp3) is 0.625. The number of ether oxygens (including phenoxy) is 1. The lowest BCUT2D eigenvalue weighted by Crippen LogP contribution is -2.48. The SMILES string of the molecule is CCOCCCNC(=NCc1nnc(C)n1C)N1CCC(c2ccccc2)C(CC)C1.I. The fourth-order valence-corrected chi connectivity index (χ4v) is 4.30. The summed E-state index contributed by atoms with van der Waals surface area (Å²) in [6.45, 7) is 11.2. The zero-order valence-corrected chi connectivity index (χ0v) is 22.3. The lowest BCUT2D eigenvalue weighted by Gasteiger charge is -2.40. The van der Waals surface area contributed by atoms with Crippen LogP contribution >= 0.6 is 24.0 Å². The molecule has 0 saturated carbocycles. The highest BCUT2D eigenvalue weighted by Crippen LogP contribution is 2.34. The maximum absolute atomic E-state index is 5.49. The van der Waals surface area contributed by atoms with E-state index >= 15 is 0 Å². The van der Waals surface area contributed by atoms with E-state index in [2.05, 4.69) is 57.7 Å². The van der Waals surface area contributed by atoms with E-state index in [1.54, 1.807) is 0 Å². The lowest BCUT2D eigenvalue weighted by atomic mass is 9.79. The number of piperidine rings is 1. The summed E-state index contributed by atoms with van der Waals surface area (Å²) >= 11 is 0. The van der Waals surface area contributed by atoms with Crippen molar-refractivity contribution >= 4 is 29.9 Å². The van der Waals surface area contributed by atoms with E-state index in [4.69, 9.17) is 9.73 Å². The number of halogens is 1. The molecule has 1 aliphatic rings. The van der Waals surface area contributed by atoms with Crippen molar-refractivity contribution in [1.82, 2.24) is 25.0 Å². The summed E-state index contributed by atoms with van der Waals surface area (Å²) in [6.07, 6.45) is 3.27. The van der Waals surface area contributed by atoms with Crippen LogP contribution in [0, 0.1) is 12.8 Å². The third-order valence-corrected chi connectivity index (χ3v) is 6.29. The van der Waals surface area contributed by atoms with Crippen LogP contribution in [0.2, 0.25) is 0 Å². The Bertz CT molecular complexity index is 825. The largest absolute Gasteiger partial charge is 0.382 e. The van der Waals surface area contributed by atoms with Crippen LogP contribution in [-0.2, 0) is 18.3 Å². The Morgan fingerprint density at radius 3 is 2.66 bits per heavy atom. The molecule has 0 bridgehead atoms. The Hall–Kier alpha value is -1.68. The maximum Gasteiger partial charge on any atom is 0.194 e. The minimum absolute atomic E-state index is 0. The molecular weight excluding hydrogens is 515 g/mol. The number of nitrogens with one attached hydrogen (secondary N) is 1. The monoisotopic (exact) mass is 554 g/mol. The van der Waals surface area contributed by atoms with Crippen molar-refractivity contribution in [2.45, 2.75) is 52.5 Å². The van der Waals surface area contributed by atoms with Gasteiger partial charge in [0.15, 0.2) is 11.8 Å². The molecule has 7 nitrogen and oxygen atoms in total. The van der Waals surface area contributed by atoms with E-state index in [0.717, 1.165) is 69.7 Å². The lowest BCUT2D eigenvalue weighted by molar-refractivity contribution is 0.145. The van der Waals surface area contributed by atoms with Gasteiger partial charge in [0, 0.05) is 39.9 Å². The summed E-state index contributed by atoms with van der Waals surface area (Å²) in [5.41, 5.74) is 1.46. The zero-order valence-electron chi connectivity index (χ0n) is 20.0. The van der Waals surface area contributed by atoms with Crippen molar-refractivity contribution in [3.05, 3.63) is 47.5 Å². The van der Waals surface area contributed by atoms with E-state index in [9.17, 15) is 0 Å². The minimum Gasteiger partial charge on any atom is -0.382 e. The molecule has 2 atom stereocenters. The molecule has 2 unspecified atom stereocenters. The molecule has 3 rings (SSSR count). The second kappa shape index (κ2) is 13.8. The molecular formula is C24H39IN6O. The Labute approximate surface area is 210 Å². The quantitative estimate of drug-likeness (QED) is 0.219. The van der Waals surface area contributed by atoms with Crippen LogP contribution < -0.4 is 5.32 Å². The Morgan fingerprint density at radius 2 is 2.00 bits per heavy atom. The Balaban J connectivity index is 0.00000363. The highest BCUT2D eigenvalue weighted by molar-refractivity contribution is 14.0. The Kier molecular flexibility index (Phi) is 11.4. The highest BCUT2D eigenvalue weighted by Gasteiger charge is 2.30. The normalized spacial score (nSPS) is 19.0. The molecule has 8 heteroatoms. The predicted molar refractivity (Wildman–Crippen MR) is 141 cm³/mol. The summed E-state index contributed by atoms with van der Waals surface area (Å²) in [4.78, 5) is 7.37. The van der Waals surface area contributed by atoms with Gasteiger partial charge in [0.1, 0.15) is 12.4 Å². The number of rotatable bonds is 9. The van der Waals surface area contributed by atoms with Crippen molar-refractivity contribution in [2.24, 2.45) is 18.0 Å². The standard InChI is InChI=1S/C24H38N6O.HI/c1-5-20-18-30(15-13-22(20)21-11-8-7-9-12-21)24(25-14-10-16-31-6-2)26-17-23-28-27-19(3)29(23)4;/h7-9,11-12,20,22H,5-6,10,13-18H2,1-4H3,(H,25,26);1H. The second-order valence-electron chi connectivity index (χ2n) is 8.26. The number of aryl methyl sites for hydroxylation is 1. The van der Waals surface area contributed by atoms with E-state index in [1.807, 2.05) is 25.5 Å². The predicted octanol–water partition coefficient (Wildman–Crippen LogP) is 4.13. The molecule has 0 amide bonds. The molecule has 32 heavy (non-hydrogen) atoms. The first-order valence-electron chi connectivity index (χ1n) is 11.6. The summed E-state index contributed by atoms with van der Waals surface area (Å²) < 4.78 is 7.50. The summed E-state index contributed by atoms with van der Waals surface area (Å²) in [6, 6.07) is 11.0. The number of benzene rings is 1. The van der Waals surface area contributed by atoms with Gasteiger partial charge in [0.05, 0.1) is 0 Å². The van der Waals surface area contributed by atoms with Gasteiger partial charge < -0.3 is 19.5 Å². The molecule has 1 N–H and O–H groups in total. The van der Waals surface area contributed by atoms with Crippen molar-refractivity contribution < 1.29 is 4.74 Å². The van der Waals surface area contributed by atoms with Gasteiger partial charge in [-0.05, 0) is 44.1 Å². The molecule has 1 aromatic heterocycles. The molecule has 0 radical (unpaired) electrons. The first-order valence-corrected chi connectivity index (χ1v) is 11.6. The smallest absolute Gasteiger partial charge is 0.194 e. The van der Waals surface area contributed by atoms with Crippen molar-refractivity contribution in [3.63, 3.8) is 0 Å². The summed E-state index contributed by atoms with van der Waals surface area (Å²) in [5, 5.41) is 12.0. The molecule has 178 valence electrons. The molecule has 2 heterocycles. The zero-order chi connectivity index (χ0) is 22.1. The first-order chi connectivity index (χ1) is 15.1. The van der Waals surface area contributed by atoms with Gasteiger partial charge >= 0.3 is 0 Å². The van der Waals surface area contributed by atoms with E-state index in [-0.39, 0.29) is 24.0 Å². The number of likely N-dealkylation sites (tertiary alicyclic amines) is 1. The molecule has 0 spiro atoms. The van der Waals surface area contributed by atoms with Gasteiger partial charge in [0.25, 0.3) is 0 Å². The number of aromatic nitrogens is 3. The second-order valence-corrected chi connectivity index (χ2v) is 8.26. The van der Waals surface area contributed by atoms with Gasteiger partial charge in [-0.15, -0.1) is 34.2 Å². The summed E-state index contributed by atoms with van der Waals surface area (Å²) in [7, 11) is 1.99. The van der Waals surface area contributed by atoms with Gasteiger partial charge in [-0.25, -0.2) is 4.99 Å².